The van der Waals surface area contributed by atoms with E-state index in [4.69, 9.17) is 5.11 Å². The second-order valence-corrected chi connectivity index (χ2v) is 5.05. The molecule has 0 aliphatic carbocycles. The quantitative estimate of drug-likeness (QED) is 0.735. The van der Waals surface area contributed by atoms with Gasteiger partial charge >= 0.3 is 5.97 Å². The second kappa shape index (κ2) is 4.49. The van der Waals surface area contributed by atoms with Crippen LogP contribution >= 0.6 is 0 Å². The third-order valence-electron chi connectivity index (χ3n) is 3.57. The Morgan fingerprint density at radius 2 is 2.07 bits per heavy atom. The second-order valence-electron chi connectivity index (χ2n) is 5.05. The van der Waals surface area contributed by atoms with E-state index >= 15 is 0 Å². The smallest absolute Gasteiger partial charge is 0.333 e. The first kappa shape index (κ1) is 12.5. The number of carboxylic acid groups (broad SMARTS) is 1. The average Bonchev–Trinajstić information content (AvgIpc) is 2.16. The van der Waals surface area contributed by atoms with Gasteiger partial charge in [0.25, 0.3) is 0 Å². The molecule has 2 unspecified atom stereocenters. The van der Waals surface area contributed by atoms with Crippen LogP contribution in [-0.2, 0) is 4.79 Å². The predicted octanol–water partition coefficient (Wildman–Crippen LogP) is 0.942. The molecule has 1 saturated heterocycles. The van der Waals surface area contributed by atoms with Crippen LogP contribution in [0.2, 0.25) is 0 Å². The number of likely N-dealkylation sites (tertiary alicyclic amines) is 1. The molecule has 1 aliphatic rings. The van der Waals surface area contributed by atoms with Crippen LogP contribution in [0.3, 0.4) is 0 Å². The Labute approximate surface area is 90.9 Å². The zero-order chi connectivity index (χ0) is 11.6. The summed E-state index contributed by atoms with van der Waals surface area (Å²) >= 11 is 0. The van der Waals surface area contributed by atoms with E-state index in [-0.39, 0.29) is 6.04 Å². The molecule has 0 aromatic heterocycles. The molecule has 15 heavy (non-hydrogen) atoms. The lowest BCUT2D eigenvalue weighted by Gasteiger charge is -2.44. The monoisotopic (exact) mass is 215 g/mol. The van der Waals surface area contributed by atoms with Crippen LogP contribution in [0.25, 0.3) is 0 Å². The van der Waals surface area contributed by atoms with E-state index in [1.165, 1.54) is 0 Å². The van der Waals surface area contributed by atoms with Gasteiger partial charge in [0.15, 0.2) is 6.10 Å². The third kappa shape index (κ3) is 2.49. The van der Waals surface area contributed by atoms with Gasteiger partial charge in [-0.1, -0.05) is 20.3 Å². The van der Waals surface area contributed by atoms with Crippen LogP contribution in [0.15, 0.2) is 0 Å². The lowest BCUT2D eigenvalue weighted by atomic mass is 9.75. The van der Waals surface area contributed by atoms with E-state index in [2.05, 4.69) is 4.90 Å². The average molecular weight is 215 g/mol. The highest BCUT2D eigenvalue weighted by atomic mass is 16.4. The Bertz CT molecular complexity index is 240. The lowest BCUT2D eigenvalue weighted by molar-refractivity contribution is -0.157. The van der Waals surface area contributed by atoms with Crippen LogP contribution in [-0.4, -0.2) is 46.8 Å². The van der Waals surface area contributed by atoms with Gasteiger partial charge < -0.3 is 15.1 Å². The van der Waals surface area contributed by atoms with Gasteiger partial charge in [0.2, 0.25) is 0 Å². The van der Waals surface area contributed by atoms with Crippen molar-refractivity contribution >= 4 is 5.97 Å². The number of piperidine rings is 1. The van der Waals surface area contributed by atoms with Gasteiger partial charge in [0.05, 0.1) is 0 Å². The van der Waals surface area contributed by atoms with Crippen LogP contribution in [0.5, 0.6) is 0 Å². The van der Waals surface area contributed by atoms with Crippen LogP contribution in [0.4, 0.5) is 0 Å². The molecular formula is C11H21NO3. The summed E-state index contributed by atoms with van der Waals surface area (Å²) < 4.78 is 0. The van der Waals surface area contributed by atoms with E-state index < -0.39 is 17.5 Å². The Balaban J connectivity index is 2.78. The van der Waals surface area contributed by atoms with E-state index in [9.17, 15) is 9.90 Å². The van der Waals surface area contributed by atoms with Crippen LogP contribution < -0.4 is 0 Å². The molecule has 0 amide bonds. The minimum Gasteiger partial charge on any atom is -0.479 e. The third-order valence-corrected chi connectivity index (χ3v) is 3.57. The Morgan fingerprint density at radius 1 is 1.47 bits per heavy atom. The highest BCUT2D eigenvalue weighted by Crippen LogP contribution is 2.34. The van der Waals surface area contributed by atoms with Crippen LogP contribution in [0.1, 0.15) is 33.1 Å². The maximum Gasteiger partial charge on any atom is 0.333 e. The van der Waals surface area contributed by atoms with Gasteiger partial charge in [-0.15, -0.1) is 0 Å². The summed E-state index contributed by atoms with van der Waals surface area (Å²) in [5.74, 6) is -1.13. The molecule has 0 aromatic carbocycles. The van der Waals surface area contributed by atoms with E-state index in [0.717, 1.165) is 25.8 Å². The van der Waals surface area contributed by atoms with Crippen molar-refractivity contribution in [3.05, 3.63) is 0 Å². The number of aliphatic hydroxyl groups excluding tert-OH is 1. The number of carbonyl (C=O) groups is 1. The zero-order valence-electron chi connectivity index (χ0n) is 9.73. The van der Waals surface area contributed by atoms with E-state index in [1.54, 1.807) is 0 Å². The molecular weight excluding hydrogens is 194 g/mol. The van der Waals surface area contributed by atoms with Gasteiger partial charge in [0, 0.05) is 11.5 Å². The maximum atomic E-state index is 10.8. The molecule has 1 heterocycles. The minimum atomic E-state index is -1.29. The van der Waals surface area contributed by atoms with Gasteiger partial charge in [-0.2, -0.15) is 0 Å². The summed E-state index contributed by atoms with van der Waals surface area (Å²) in [7, 11) is 2.00. The summed E-state index contributed by atoms with van der Waals surface area (Å²) in [6.45, 7) is 4.65. The topological polar surface area (TPSA) is 60.8 Å². The first-order valence-corrected chi connectivity index (χ1v) is 5.48. The molecule has 0 radical (unpaired) electrons. The number of rotatable bonds is 3. The molecule has 0 aromatic rings. The summed E-state index contributed by atoms with van der Waals surface area (Å²) in [5, 5.41) is 18.6. The van der Waals surface area contributed by atoms with Gasteiger partial charge in [-0.05, 0) is 26.4 Å². The molecule has 2 N–H and O–H groups in total. The molecule has 4 nitrogen and oxygen atoms in total. The number of carboxylic acids is 1. The molecule has 2 atom stereocenters. The minimum absolute atomic E-state index is 0.150. The van der Waals surface area contributed by atoms with Gasteiger partial charge in [-0.25, -0.2) is 4.79 Å². The summed E-state index contributed by atoms with van der Waals surface area (Å²) in [6.07, 6.45) is 1.95. The van der Waals surface area contributed by atoms with Crippen molar-refractivity contribution in [1.82, 2.24) is 4.90 Å². The highest BCUT2D eigenvalue weighted by molar-refractivity contribution is 5.73. The summed E-state index contributed by atoms with van der Waals surface area (Å²) in [4.78, 5) is 13.0. The van der Waals surface area contributed by atoms with Crippen molar-refractivity contribution in [3.8, 4) is 0 Å². The Morgan fingerprint density at radius 3 is 2.53 bits per heavy atom. The lowest BCUT2D eigenvalue weighted by Crippen LogP contribution is -2.53. The molecule has 1 fully saturated rings. The largest absolute Gasteiger partial charge is 0.479 e. The first-order chi connectivity index (χ1) is 6.87. The first-order valence-electron chi connectivity index (χ1n) is 5.48. The standard InChI is InChI=1S/C11H21NO3/c1-11(2,9(13)10(14)15)8-6-4-5-7-12(8)3/h8-9,13H,4-7H2,1-3H3,(H,14,15). The fraction of sp³-hybridized carbons (Fsp3) is 0.909. The van der Waals surface area contributed by atoms with Crippen LogP contribution in [0, 0.1) is 5.41 Å². The predicted molar refractivity (Wildman–Crippen MR) is 57.7 cm³/mol. The maximum absolute atomic E-state index is 10.8. The Hall–Kier alpha value is -0.610. The molecule has 0 spiro atoms. The number of hydrogen-bond donors (Lipinski definition) is 2. The fourth-order valence-corrected chi connectivity index (χ4v) is 2.52. The summed E-state index contributed by atoms with van der Waals surface area (Å²) in [5.41, 5.74) is -0.596. The fourth-order valence-electron chi connectivity index (χ4n) is 2.52. The van der Waals surface area contributed by atoms with Crippen molar-refractivity contribution in [3.63, 3.8) is 0 Å². The highest BCUT2D eigenvalue weighted by Gasteiger charge is 2.42. The van der Waals surface area contributed by atoms with Gasteiger partial charge in [0.1, 0.15) is 0 Å². The van der Waals surface area contributed by atoms with Crippen molar-refractivity contribution in [2.24, 2.45) is 5.41 Å². The van der Waals surface area contributed by atoms with E-state index in [0.29, 0.717) is 0 Å². The molecule has 88 valence electrons. The Kier molecular flexibility index (Phi) is 3.73. The van der Waals surface area contributed by atoms with Crippen molar-refractivity contribution in [2.45, 2.75) is 45.3 Å². The number of aliphatic carboxylic acids is 1. The molecule has 4 heteroatoms. The molecule has 1 aliphatic heterocycles. The van der Waals surface area contributed by atoms with Crippen molar-refractivity contribution in [1.29, 1.82) is 0 Å². The number of aliphatic hydroxyl groups is 1. The van der Waals surface area contributed by atoms with Crippen molar-refractivity contribution in [2.75, 3.05) is 13.6 Å². The van der Waals surface area contributed by atoms with Crippen molar-refractivity contribution < 1.29 is 15.0 Å². The molecule has 0 bridgehead atoms. The summed E-state index contributed by atoms with van der Waals surface area (Å²) in [6, 6.07) is 0.150. The number of hydrogen-bond acceptors (Lipinski definition) is 3. The zero-order valence-corrected chi connectivity index (χ0v) is 9.73. The van der Waals surface area contributed by atoms with Gasteiger partial charge in [-0.3, -0.25) is 0 Å². The number of nitrogens with zero attached hydrogens (tertiary/aromatic N) is 1. The SMILES string of the molecule is CN1CCCCC1C(C)(C)C(O)C(=O)O. The normalized spacial score (nSPS) is 26.3. The van der Waals surface area contributed by atoms with E-state index in [1.807, 2.05) is 20.9 Å². The molecule has 0 saturated carbocycles. The molecule has 1 rings (SSSR count).